The van der Waals surface area contributed by atoms with Crippen LogP contribution in [0.5, 0.6) is 0 Å². The van der Waals surface area contributed by atoms with Crippen molar-refractivity contribution in [2.24, 2.45) is 0 Å². The van der Waals surface area contributed by atoms with Crippen molar-refractivity contribution in [3.05, 3.63) is 29.8 Å². The third-order valence-corrected chi connectivity index (χ3v) is 3.01. The molecule has 2 rings (SSSR count). The SMILES string of the molecule is CC(C)(C)NC(=O)Nc1ccc(CC(=O)NC2CC2)cc1. The highest BCUT2D eigenvalue weighted by Crippen LogP contribution is 2.19. The summed E-state index contributed by atoms with van der Waals surface area (Å²) in [6.07, 6.45) is 2.57. The summed E-state index contributed by atoms with van der Waals surface area (Å²) >= 11 is 0. The molecule has 1 aliphatic carbocycles. The lowest BCUT2D eigenvalue weighted by molar-refractivity contribution is -0.120. The zero-order valence-corrected chi connectivity index (χ0v) is 12.8. The molecule has 1 aliphatic rings. The van der Waals surface area contributed by atoms with Gasteiger partial charge in [0.15, 0.2) is 0 Å². The van der Waals surface area contributed by atoms with E-state index in [0.717, 1.165) is 18.4 Å². The quantitative estimate of drug-likeness (QED) is 0.796. The Morgan fingerprint density at radius 2 is 1.76 bits per heavy atom. The van der Waals surface area contributed by atoms with E-state index in [2.05, 4.69) is 16.0 Å². The predicted octanol–water partition coefficient (Wildman–Crippen LogP) is 2.43. The molecule has 114 valence electrons. The van der Waals surface area contributed by atoms with Gasteiger partial charge in [0, 0.05) is 17.3 Å². The number of benzene rings is 1. The number of rotatable bonds is 4. The van der Waals surface area contributed by atoms with Crippen molar-refractivity contribution in [1.29, 1.82) is 0 Å². The Bertz CT molecular complexity index is 513. The third-order valence-electron chi connectivity index (χ3n) is 3.01. The second-order valence-corrected chi connectivity index (χ2v) is 6.54. The first-order valence-electron chi connectivity index (χ1n) is 7.29. The van der Waals surface area contributed by atoms with Crippen LogP contribution in [0.15, 0.2) is 24.3 Å². The van der Waals surface area contributed by atoms with Gasteiger partial charge in [-0.15, -0.1) is 0 Å². The number of anilines is 1. The van der Waals surface area contributed by atoms with Crippen LogP contribution in [-0.4, -0.2) is 23.5 Å². The molecule has 0 spiro atoms. The number of hydrogen-bond acceptors (Lipinski definition) is 2. The van der Waals surface area contributed by atoms with Gasteiger partial charge in [0.25, 0.3) is 0 Å². The van der Waals surface area contributed by atoms with Gasteiger partial charge < -0.3 is 16.0 Å². The summed E-state index contributed by atoms with van der Waals surface area (Å²) in [6, 6.07) is 7.49. The van der Waals surface area contributed by atoms with Gasteiger partial charge in [0.1, 0.15) is 0 Å². The van der Waals surface area contributed by atoms with Crippen LogP contribution in [0, 0.1) is 0 Å². The fraction of sp³-hybridized carbons (Fsp3) is 0.500. The Labute approximate surface area is 125 Å². The Hall–Kier alpha value is -2.04. The fourth-order valence-electron chi connectivity index (χ4n) is 1.90. The molecule has 3 amide bonds. The van der Waals surface area contributed by atoms with Crippen LogP contribution in [0.2, 0.25) is 0 Å². The fourth-order valence-corrected chi connectivity index (χ4v) is 1.90. The maximum absolute atomic E-state index is 11.7. The highest BCUT2D eigenvalue weighted by molar-refractivity contribution is 5.89. The molecule has 0 atom stereocenters. The lowest BCUT2D eigenvalue weighted by atomic mass is 10.1. The van der Waals surface area contributed by atoms with Gasteiger partial charge >= 0.3 is 6.03 Å². The molecule has 5 heteroatoms. The van der Waals surface area contributed by atoms with E-state index in [9.17, 15) is 9.59 Å². The lowest BCUT2D eigenvalue weighted by Crippen LogP contribution is -2.43. The van der Waals surface area contributed by atoms with Crippen molar-refractivity contribution in [1.82, 2.24) is 10.6 Å². The second-order valence-electron chi connectivity index (χ2n) is 6.54. The first-order chi connectivity index (χ1) is 9.82. The zero-order valence-electron chi connectivity index (χ0n) is 12.8. The number of carbonyl (C=O) groups is 2. The van der Waals surface area contributed by atoms with Gasteiger partial charge in [-0.05, 0) is 51.3 Å². The summed E-state index contributed by atoms with van der Waals surface area (Å²) in [7, 11) is 0. The summed E-state index contributed by atoms with van der Waals surface area (Å²) in [5.41, 5.74) is 1.38. The van der Waals surface area contributed by atoms with E-state index in [1.807, 2.05) is 45.0 Å². The van der Waals surface area contributed by atoms with Crippen molar-refractivity contribution in [2.45, 2.75) is 51.6 Å². The number of nitrogens with one attached hydrogen (secondary N) is 3. The highest BCUT2D eigenvalue weighted by atomic mass is 16.2. The average Bonchev–Trinajstić information content (AvgIpc) is 3.13. The standard InChI is InChI=1S/C16H23N3O2/c1-16(2,3)19-15(21)18-13-6-4-11(5-7-13)10-14(20)17-12-8-9-12/h4-7,12H,8-10H2,1-3H3,(H,17,20)(H2,18,19,21). The molecule has 0 bridgehead atoms. The molecule has 0 heterocycles. The van der Waals surface area contributed by atoms with Crippen molar-refractivity contribution in [2.75, 3.05) is 5.32 Å². The van der Waals surface area contributed by atoms with Gasteiger partial charge in [-0.2, -0.15) is 0 Å². The van der Waals surface area contributed by atoms with E-state index >= 15 is 0 Å². The molecule has 0 aromatic heterocycles. The zero-order chi connectivity index (χ0) is 15.5. The van der Waals surface area contributed by atoms with Crippen LogP contribution in [0.1, 0.15) is 39.2 Å². The summed E-state index contributed by atoms with van der Waals surface area (Å²) in [4.78, 5) is 23.4. The molecule has 1 aromatic carbocycles. The summed E-state index contributed by atoms with van der Waals surface area (Å²) < 4.78 is 0. The lowest BCUT2D eigenvalue weighted by Gasteiger charge is -2.20. The second kappa shape index (κ2) is 6.16. The van der Waals surface area contributed by atoms with E-state index in [0.29, 0.717) is 18.2 Å². The molecule has 5 nitrogen and oxygen atoms in total. The van der Waals surface area contributed by atoms with E-state index in [1.165, 1.54) is 0 Å². The van der Waals surface area contributed by atoms with Gasteiger partial charge in [0.2, 0.25) is 5.91 Å². The molecule has 3 N–H and O–H groups in total. The summed E-state index contributed by atoms with van der Waals surface area (Å²) in [5, 5.41) is 8.56. The van der Waals surface area contributed by atoms with Gasteiger partial charge in [0.05, 0.1) is 6.42 Å². The average molecular weight is 289 g/mol. The van der Waals surface area contributed by atoms with E-state index < -0.39 is 0 Å². The molecule has 1 fully saturated rings. The Morgan fingerprint density at radius 1 is 1.14 bits per heavy atom. The van der Waals surface area contributed by atoms with Crippen molar-refractivity contribution in [3.8, 4) is 0 Å². The first-order valence-corrected chi connectivity index (χ1v) is 7.29. The van der Waals surface area contributed by atoms with Gasteiger partial charge in [-0.1, -0.05) is 12.1 Å². The normalized spacial score (nSPS) is 14.4. The third kappa shape index (κ3) is 5.85. The molecule has 0 saturated heterocycles. The van der Waals surface area contributed by atoms with Crippen molar-refractivity contribution < 1.29 is 9.59 Å². The summed E-state index contributed by atoms with van der Waals surface area (Å²) in [6.45, 7) is 5.77. The number of amides is 3. The van der Waals surface area contributed by atoms with Crippen molar-refractivity contribution >= 4 is 17.6 Å². The van der Waals surface area contributed by atoms with E-state index in [-0.39, 0.29) is 17.5 Å². The monoisotopic (exact) mass is 289 g/mol. The predicted molar refractivity (Wildman–Crippen MR) is 83.2 cm³/mol. The minimum Gasteiger partial charge on any atom is -0.353 e. The molecule has 0 unspecified atom stereocenters. The molecule has 21 heavy (non-hydrogen) atoms. The molecule has 1 saturated carbocycles. The Balaban J connectivity index is 1.83. The van der Waals surface area contributed by atoms with E-state index in [1.54, 1.807) is 0 Å². The Morgan fingerprint density at radius 3 is 2.29 bits per heavy atom. The van der Waals surface area contributed by atoms with E-state index in [4.69, 9.17) is 0 Å². The molecule has 1 aromatic rings. The van der Waals surface area contributed by atoms with Gasteiger partial charge in [-0.25, -0.2) is 4.79 Å². The van der Waals surface area contributed by atoms with Crippen LogP contribution in [0.25, 0.3) is 0 Å². The highest BCUT2D eigenvalue weighted by Gasteiger charge is 2.23. The van der Waals surface area contributed by atoms with Crippen LogP contribution in [0.3, 0.4) is 0 Å². The number of carbonyl (C=O) groups excluding carboxylic acids is 2. The van der Waals surface area contributed by atoms with Crippen LogP contribution in [-0.2, 0) is 11.2 Å². The van der Waals surface area contributed by atoms with Gasteiger partial charge in [-0.3, -0.25) is 4.79 Å². The van der Waals surface area contributed by atoms with Crippen LogP contribution >= 0.6 is 0 Å². The summed E-state index contributed by atoms with van der Waals surface area (Å²) in [5.74, 6) is 0.0590. The minimum atomic E-state index is -0.273. The first kappa shape index (κ1) is 15.4. The smallest absolute Gasteiger partial charge is 0.319 e. The number of urea groups is 1. The molecular formula is C16H23N3O2. The maximum Gasteiger partial charge on any atom is 0.319 e. The number of hydrogen-bond donors (Lipinski definition) is 3. The topological polar surface area (TPSA) is 70.2 Å². The minimum absolute atomic E-state index is 0.0590. The van der Waals surface area contributed by atoms with Crippen LogP contribution in [0.4, 0.5) is 10.5 Å². The Kier molecular flexibility index (Phi) is 4.50. The molecule has 0 aliphatic heterocycles. The molecular weight excluding hydrogens is 266 g/mol. The van der Waals surface area contributed by atoms with Crippen molar-refractivity contribution in [3.63, 3.8) is 0 Å². The molecule has 0 radical (unpaired) electrons. The maximum atomic E-state index is 11.7. The van der Waals surface area contributed by atoms with Crippen LogP contribution < -0.4 is 16.0 Å². The largest absolute Gasteiger partial charge is 0.353 e.